The van der Waals surface area contributed by atoms with Crippen molar-refractivity contribution in [2.24, 2.45) is 0 Å². The molecule has 2 aromatic carbocycles. The van der Waals surface area contributed by atoms with E-state index in [1.807, 2.05) is 56.3 Å². The average molecular weight is 414 g/mol. The Labute approximate surface area is 175 Å². The predicted molar refractivity (Wildman–Crippen MR) is 119 cm³/mol. The number of ether oxygens (including phenoxy) is 2. The standard InChI is InChI=1S/C22H23NO3S2/c1-3-25-18-11-10-17(14-19(18)26-4-2)15-20-21(24)23(22(27)28-20)13-12-16-8-6-5-7-9-16/h5-11,14-15H,3-4,12-13H2,1-2H3/b20-15-. The van der Waals surface area contributed by atoms with Crippen molar-refractivity contribution in [3.05, 3.63) is 64.6 Å². The Bertz CT molecular complexity index is 881. The molecule has 146 valence electrons. The molecule has 0 aromatic heterocycles. The lowest BCUT2D eigenvalue weighted by Gasteiger charge is -2.14. The first-order chi connectivity index (χ1) is 13.6. The highest BCUT2D eigenvalue weighted by atomic mass is 32.2. The summed E-state index contributed by atoms with van der Waals surface area (Å²) in [5.74, 6) is 1.34. The molecule has 1 aliphatic rings. The summed E-state index contributed by atoms with van der Waals surface area (Å²) < 4.78 is 11.9. The highest BCUT2D eigenvalue weighted by Gasteiger charge is 2.31. The second-order valence-corrected chi connectivity index (χ2v) is 7.82. The summed E-state index contributed by atoms with van der Waals surface area (Å²) in [7, 11) is 0. The quantitative estimate of drug-likeness (QED) is 0.453. The van der Waals surface area contributed by atoms with E-state index in [0.717, 1.165) is 12.0 Å². The normalized spacial score (nSPS) is 15.4. The first-order valence-electron chi connectivity index (χ1n) is 9.31. The zero-order chi connectivity index (χ0) is 19.9. The lowest BCUT2D eigenvalue weighted by molar-refractivity contribution is -0.122. The molecule has 0 saturated carbocycles. The third kappa shape index (κ3) is 4.94. The van der Waals surface area contributed by atoms with Gasteiger partial charge in [-0.3, -0.25) is 9.69 Å². The van der Waals surface area contributed by atoms with Gasteiger partial charge in [-0.1, -0.05) is 60.4 Å². The van der Waals surface area contributed by atoms with Gasteiger partial charge in [0.25, 0.3) is 5.91 Å². The Morgan fingerprint density at radius 3 is 2.46 bits per heavy atom. The minimum atomic E-state index is -0.0437. The molecule has 3 rings (SSSR count). The number of hydrogen-bond acceptors (Lipinski definition) is 5. The van der Waals surface area contributed by atoms with Gasteiger partial charge < -0.3 is 9.47 Å². The number of amides is 1. The Kier molecular flexibility index (Phi) is 7.12. The number of thioether (sulfide) groups is 1. The van der Waals surface area contributed by atoms with Gasteiger partial charge in [0.15, 0.2) is 11.5 Å². The number of carbonyl (C=O) groups excluding carboxylic acids is 1. The Balaban J connectivity index is 1.74. The van der Waals surface area contributed by atoms with Crippen molar-refractivity contribution >= 4 is 40.3 Å². The summed E-state index contributed by atoms with van der Waals surface area (Å²) >= 11 is 6.77. The first-order valence-corrected chi connectivity index (χ1v) is 10.5. The lowest BCUT2D eigenvalue weighted by atomic mass is 10.1. The number of rotatable bonds is 8. The van der Waals surface area contributed by atoms with Crippen LogP contribution in [0.15, 0.2) is 53.4 Å². The predicted octanol–water partition coefficient (Wildman–Crippen LogP) is 4.93. The van der Waals surface area contributed by atoms with E-state index >= 15 is 0 Å². The smallest absolute Gasteiger partial charge is 0.266 e. The number of carbonyl (C=O) groups is 1. The van der Waals surface area contributed by atoms with Crippen LogP contribution in [0, 0.1) is 0 Å². The maximum absolute atomic E-state index is 12.8. The molecule has 1 heterocycles. The van der Waals surface area contributed by atoms with Gasteiger partial charge >= 0.3 is 0 Å². The van der Waals surface area contributed by atoms with Crippen LogP contribution < -0.4 is 9.47 Å². The van der Waals surface area contributed by atoms with Crippen LogP contribution in [0.3, 0.4) is 0 Å². The largest absolute Gasteiger partial charge is 0.490 e. The minimum absolute atomic E-state index is 0.0437. The molecule has 2 aromatic rings. The zero-order valence-corrected chi connectivity index (χ0v) is 17.6. The van der Waals surface area contributed by atoms with E-state index in [0.29, 0.717) is 40.5 Å². The number of hydrogen-bond donors (Lipinski definition) is 0. The monoisotopic (exact) mass is 413 g/mol. The Morgan fingerprint density at radius 2 is 1.75 bits per heavy atom. The molecule has 6 heteroatoms. The second-order valence-electron chi connectivity index (χ2n) is 6.14. The van der Waals surface area contributed by atoms with Crippen LogP contribution in [0.4, 0.5) is 0 Å². The maximum atomic E-state index is 12.8. The van der Waals surface area contributed by atoms with Crippen LogP contribution in [0.2, 0.25) is 0 Å². The molecule has 0 unspecified atom stereocenters. The van der Waals surface area contributed by atoms with Crippen molar-refractivity contribution < 1.29 is 14.3 Å². The fourth-order valence-electron chi connectivity index (χ4n) is 2.89. The molecule has 4 nitrogen and oxygen atoms in total. The van der Waals surface area contributed by atoms with Crippen LogP contribution in [0.5, 0.6) is 11.5 Å². The maximum Gasteiger partial charge on any atom is 0.266 e. The molecule has 0 radical (unpaired) electrons. The van der Waals surface area contributed by atoms with Gasteiger partial charge in [-0.2, -0.15) is 0 Å². The summed E-state index contributed by atoms with van der Waals surface area (Å²) in [6, 6.07) is 15.8. The summed E-state index contributed by atoms with van der Waals surface area (Å²) in [5.41, 5.74) is 2.07. The van der Waals surface area contributed by atoms with Crippen molar-refractivity contribution in [3.8, 4) is 11.5 Å². The average Bonchev–Trinajstić information content (AvgIpc) is 2.96. The van der Waals surface area contributed by atoms with Gasteiger partial charge in [0.2, 0.25) is 0 Å². The fourth-order valence-corrected chi connectivity index (χ4v) is 4.20. The topological polar surface area (TPSA) is 38.8 Å². The molecule has 1 amide bonds. The fraction of sp³-hybridized carbons (Fsp3) is 0.273. The zero-order valence-electron chi connectivity index (χ0n) is 16.0. The van der Waals surface area contributed by atoms with Gasteiger partial charge in [-0.15, -0.1) is 0 Å². The third-order valence-corrected chi connectivity index (χ3v) is 5.58. The Hall–Kier alpha value is -2.31. The number of benzene rings is 2. The van der Waals surface area contributed by atoms with Crippen molar-refractivity contribution in [1.29, 1.82) is 0 Å². The molecule has 0 aliphatic carbocycles. The van der Waals surface area contributed by atoms with Gasteiger partial charge in [-0.05, 0) is 49.6 Å². The van der Waals surface area contributed by atoms with E-state index in [-0.39, 0.29) is 5.91 Å². The number of nitrogens with zero attached hydrogens (tertiary/aromatic N) is 1. The minimum Gasteiger partial charge on any atom is -0.490 e. The van der Waals surface area contributed by atoms with Crippen molar-refractivity contribution in [3.63, 3.8) is 0 Å². The van der Waals surface area contributed by atoms with Gasteiger partial charge in [0, 0.05) is 6.54 Å². The van der Waals surface area contributed by atoms with E-state index in [1.165, 1.54) is 17.3 Å². The molecule has 28 heavy (non-hydrogen) atoms. The SMILES string of the molecule is CCOc1ccc(/C=C2\SC(=S)N(CCc3ccccc3)C2=O)cc1OCC. The van der Waals surface area contributed by atoms with Crippen LogP contribution in [-0.4, -0.2) is 34.9 Å². The lowest BCUT2D eigenvalue weighted by Crippen LogP contribution is -2.30. The van der Waals surface area contributed by atoms with Crippen LogP contribution in [0.25, 0.3) is 6.08 Å². The molecule has 0 N–H and O–H groups in total. The summed E-state index contributed by atoms with van der Waals surface area (Å²) in [5, 5.41) is 0. The highest BCUT2D eigenvalue weighted by molar-refractivity contribution is 8.26. The van der Waals surface area contributed by atoms with Gasteiger partial charge in [0.1, 0.15) is 4.32 Å². The van der Waals surface area contributed by atoms with E-state index in [1.54, 1.807) is 4.90 Å². The van der Waals surface area contributed by atoms with Crippen molar-refractivity contribution in [2.45, 2.75) is 20.3 Å². The van der Waals surface area contributed by atoms with Crippen molar-refractivity contribution in [2.75, 3.05) is 19.8 Å². The molecule has 0 atom stereocenters. The third-order valence-electron chi connectivity index (χ3n) is 4.21. The molecular weight excluding hydrogens is 390 g/mol. The van der Waals surface area contributed by atoms with E-state index in [9.17, 15) is 4.79 Å². The molecule has 0 spiro atoms. The van der Waals surface area contributed by atoms with E-state index in [2.05, 4.69) is 12.1 Å². The first kappa shape index (κ1) is 20.4. The highest BCUT2D eigenvalue weighted by Crippen LogP contribution is 2.35. The van der Waals surface area contributed by atoms with Crippen LogP contribution >= 0.6 is 24.0 Å². The Morgan fingerprint density at radius 1 is 1.04 bits per heavy atom. The molecule has 0 bridgehead atoms. The molecule has 1 aliphatic heterocycles. The molecular formula is C22H23NO3S2. The summed E-state index contributed by atoms with van der Waals surface area (Å²) in [4.78, 5) is 15.1. The van der Waals surface area contributed by atoms with Crippen molar-refractivity contribution in [1.82, 2.24) is 4.90 Å². The number of thiocarbonyl (C=S) groups is 1. The van der Waals surface area contributed by atoms with E-state index < -0.39 is 0 Å². The van der Waals surface area contributed by atoms with Gasteiger partial charge in [-0.25, -0.2) is 0 Å². The second kappa shape index (κ2) is 9.75. The summed E-state index contributed by atoms with van der Waals surface area (Å²) in [6.45, 7) is 5.56. The van der Waals surface area contributed by atoms with E-state index in [4.69, 9.17) is 21.7 Å². The van der Waals surface area contributed by atoms with Gasteiger partial charge in [0.05, 0.1) is 18.1 Å². The molecule has 1 fully saturated rings. The summed E-state index contributed by atoms with van der Waals surface area (Å²) in [6.07, 6.45) is 2.64. The van der Waals surface area contributed by atoms with Crippen LogP contribution in [0.1, 0.15) is 25.0 Å². The molecule has 1 saturated heterocycles. The van der Waals surface area contributed by atoms with Crippen LogP contribution in [-0.2, 0) is 11.2 Å².